The van der Waals surface area contributed by atoms with Crippen LogP contribution in [0, 0.1) is 5.82 Å². The summed E-state index contributed by atoms with van der Waals surface area (Å²) >= 11 is 11.3. The zero-order valence-electron chi connectivity index (χ0n) is 13.9. The van der Waals surface area contributed by atoms with Crippen molar-refractivity contribution in [3.63, 3.8) is 0 Å². The van der Waals surface area contributed by atoms with E-state index in [1.165, 1.54) is 6.07 Å². The fourth-order valence-corrected chi connectivity index (χ4v) is 2.79. The third-order valence-electron chi connectivity index (χ3n) is 3.62. The third-order valence-corrected chi connectivity index (χ3v) is 4.18. The average Bonchev–Trinajstić information content (AvgIpc) is 3.06. The summed E-state index contributed by atoms with van der Waals surface area (Å²) in [6.07, 6.45) is 3.33. The number of benzene rings is 2. The molecule has 0 radical (unpaired) electrons. The minimum Gasteiger partial charge on any atom is -0.497 e. The van der Waals surface area contributed by atoms with Crippen molar-refractivity contribution < 1.29 is 9.13 Å². The van der Waals surface area contributed by atoms with Crippen molar-refractivity contribution >= 4 is 40.3 Å². The lowest BCUT2D eigenvalue weighted by atomic mass is 10.2. The second-order valence-electron chi connectivity index (χ2n) is 5.43. The highest BCUT2D eigenvalue weighted by Crippen LogP contribution is 2.20. The maximum atomic E-state index is 13.9. The molecule has 2 N–H and O–H groups in total. The predicted octanol–water partition coefficient (Wildman–Crippen LogP) is 4.54. The van der Waals surface area contributed by atoms with Crippen LogP contribution in [0.5, 0.6) is 5.75 Å². The number of thiocarbonyl (C=S) groups is 1. The van der Waals surface area contributed by atoms with Crippen LogP contribution < -0.4 is 15.4 Å². The van der Waals surface area contributed by atoms with Crippen LogP contribution >= 0.6 is 23.8 Å². The van der Waals surface area contributed by atoms with Gasteiger partial charge in [0.1, 0.15) is 11.6 Å². The molecule has 0 aliphatic heterocycles. The Morgan fingerprint density at radius 1 is 1.19 bits per heavy atom. The highest BCUT2D eigenvalue weighted by molar-refractivity contribution is 7.80. The fraction of sp³-hybridized carbons (Fsp3) is 0.111. The zero-order chi connectivity index (χ0) is 18.5. The monoisotopic (exact) mass is 390 g/mol. The number of methoxy groups -OCH3 is 1. The molecule has 8 heteroatoms. The van der Waals surface area contributed by atoms with Crippen LogP contribution in [0.25, 0.3) is 0 Å². The number of rotatable bonds is 5. The molecule has 0 bridgehead atoms. The Morgan fingerprint density at radius 2 is 1.92 bits per heavy atom. The lowest BCUT2D eigenvalue weighted by Gasteiger charge is -2.09. The van der Waals surface area contributed by atoms with Crippen LogP contribution in [0.2, 0.25) is 5.02 Å². The van der Waals surface area contributed by atoms with Gasteiger partial charge in [0.15, 0.2) is 5.11 Å². The molecule has 0 saturated carbocycles. The van der Waals surface area contributed by atoms with Gasteiger partial charge in [0, 0.05) is 22.5 Å². The summed E-state index contributed by atoms with van der Waals surface area (Å²) in [5.74, 6) is 0.404. The van der Waals surface area contributed by atoms with Crippen molar-refractivity contribution in [2.24, 2.45) is 0 Å². The molecule has 3 aromatic rings. The van der Waals surface area contributed by atoms with Gasteiger partial charge in [-0.1, -0.05) is 17.7 Å². The maximum absolute atomic E-state index is 13.9. The summed E-state index contributed by atoms with van der Waals surface area (Å²) in [4.78, 5) is 0. The van der Waals surface area contributed by atoms with Crippen LogP contribution in [-0.2, 0) is 6.54 Å². The minimum absolute atomic E-state index is 0.228. The topological polar surface area (TPSA) is 51.1 Å². The summed E-state index contributed by atoms with van der Waals surface area (Å²) in [6, 6.07) is 12.0. The standard InChI is InChI=1S/C18H16ClFN4OS/c1-25-14-7-5-12(6-8-14)22-18(26)23-13-9-21-24(10-13)11-15-16(19)3-2-4-17(15)20/h2-10H,11H2,1H3,(H2,22,23,26). The molecule has 0 fully saturated rings. The van der Waals surface area contributed by atoms with Gasteiger partial charge in [-0.25, -0.2) is 4.39 Å². The Kier molecular flexibility index (Phi) is 5.70. The summed E-state index contributed by atoms with van der Waals surface area (Å²) in [6.45, 7) is 0.228. The van der Waals surface area contributed by atoms with E-state index >= 15 is 0 Å². The number of nitrogens with one attached hydrogen (secondary N) is 2. The highest BCUT2D eigenvalue weighted by atomic mass is 35.5. The van der Waals surface area contributed by atoms with Crippen LogP contribution in [0.3, 0.4) is 0 Å². The van der Waals surface area contributed by atoms with Crippen molar-refractivity contribution in [1.29, 1.82) is 0 Å². The van der Waals surface area contributed by atoms with Crippen molar-refractivity contribution in [2.75, 3.05) is 17.7 Å². The smallest absolute Gasteiger partial charge is 0.175 e. The van der Waals surface area contributed by atoms with Gasteiger partial charge in [0.25, 0.3) is 0 Å². The first-order valence-electron chi connectivity index (χ1n) is 7.72. The molecule has 0 aliphatic rings. The molecule has 3 rings (SSSR count). The number of hydrogen-bond acceptors (Lipinski definition) is 3. The van der Waals surface area contributed by atoms with E-state index in [4.69, 9.17) is 28.6 Å². The Bertz CT molecular complexity index is 894. The van der Waals surface area contributed by atoms with E-state index in [0.29, 0.717) is 21.4 Å². The van der Waals surface area contributed by atoms with Gasteiger partial charge in [0.2, 0.25) is 0 Å². The number of aromatic nitrogens is 2. The third kappa shape index (κ3) is 4.50. The molecule has 0 atom stereocenters. The molecule has 2 aromatic carbocycles. The fourth-order valence-electron chi connectivity index (χ4n) is 2.33. The number of hydrogen-bond donors (Lipinski definition) is 2. The summed E-state index contributed by atoms with van der Waals surface area (Å²) < 4.78 is 20.6. The van der Waals surface area contributed by atoms with Gasteiger partial charge in [-0.15, -0.1) is 0 Å². The first-order chi connectivity index (χ1) is 12.5. The Labute approximate surface area is 160 Å². The van der Waals surface area contributed by atoms with E-state index in [1.807, 2.05) is 24.3 Å². The molecular weight excluding hydrogens is 375 g/mol. The Balaban J connectivity index is 1.61. The molecule has 26 heavy (non-hydrogen) atoms. The van der Waals surface area contributed by atoms with E-state index in [2.05, 4.69) is 15.7 Å². The largest absolute Gasteiger partial charge is 0.497 e. The zero-order valence-corrected chi connectivity index (χ0v) is 15.4. The van der Waals surface area contributed by atoms with Gasteiger partial charge >= 0.3 is 0 Å². The van der Waals surface area contributed by atoms with Crippen LogP contribution in [0.1, 0.15) is 5.56 Å². The van der Waals surface area contributed by atoms with Gasteiger partial charge in [-0.2, -0.15) is 5.10 Å². The first-order valence-corrected chi connectivity index (χ1v) is 8.51. The second kappa shape index (κ2) is 8.16. The Morgan fingerprint density at radius 3 is 2.62 bits per heavy atom. The highest BCUT2D eigenvalue weighted by Gasteiger charge is 2.09. The summed E-state index contributed by atoms with van der Waals surface area (Å²) in [5, 5.41) is 11.1. The molecule has 0 aliphatic carbocycles. The maximum Gasteiger partial charge on any atom is 0.175 e. The molecule has 1 heterocycles. The number of ether oxygens (including phenoxy) is 1. The van der Waals surface area contributed by atoms with Crippen LogP contribution in [-0.4, -0.2) is 22.0 Å². The van der Waals surface area contributed by atoms with Crippen molar-refractivity contribution in [3.05, 3.63) is 71.3 Å². The molecular formula is C18H16ClFN4OS. The number of nitrogens with zero attached hydrogens (tertiary/aromatic N) is 2. The SMILES string of the molecule is COc1ccc(NC(=S)Nc2cnn(Cc3c(F)cccc3Cl)c2)cc1. The lowest BCUT2D eigenvalue weighted by molar-refractivity contribution is 0.415. The van der Waals surface area contributed by atoms with E-state index in [9.17, 15) is 4.39 Å². The molecule has 0 spiro atoms. The quantitative estimate of drug-likeness (QED) is 0.626. The normalized spacial score (nSPS) is 10.4. The summed E-state index contributed by atoms with van der Waals surface area (Å²) in [7, 11) is 1.61. The molecule has 0 saturated heterocycles. The van der Waals surface area contributed by atoms with Crippen LogP contribution in [0.4, 0.5) is 15.8 Å². The molecule has 0 amide bonds. The second-order valence-corrected chi connectivity index (χ2v) is 6.25. The number of anilines is 2. The van der Waals surface area contributed by atoms with Crippen molar-refractivity contribution in [2.45, 2.75) is 6.54 Å². The van der Waals surface area contributed by atoms with E-state index in [-0.39, 0.29) is 12.4 Å². The van der Waals surface area contributed by atoms with Gasteiger partial charge in [-0.05, 0) is 48.6 Å². The Hall–Kier alpha value is -2.64. The molecule has 1 aromatic heterocycles. The molecule has 0 unspecified atom stereocenters. The van der Waals surface area contributed by atoms with Gasteiger partial charge < -0.3 is 15.4 Å². The minimum atomic E-state index is -0.362. The first kappa shape index (κ1) is 18.2. The lowest BCUT2D eigenvalue weighted by Crippen LogP contribution is -2.18. The van der Waals surface area contributed by atoms with Gasteiger partial charge in [-0.3, -0.25) is 4.68 Å². The van der Waals surface area contributed by atoms with Crippen LogP contribution in [0.15, 0.2) is 54.9 Å². The van der Waals surface area contributed by atoms with Crippen molar-refractivity contribution in [3.8, 4) is 5.75 Å². The average molecular weight is 391 g/mol. The van der Waals surface area contributed by atoms with E-state index in [1.54, 1.807) is 36.3 Å². The summed E-state index contributed by atoms with van der Waals surface area (Å²) in [5.41, 5.74) is 1.90. The van der Waals surface area contributed by atoms with Crippen molar-refractivity contribution in [1.82, 2.24) is 9.78 Å². The van der Waals surface area contributed by atoms with E-state index < -0.39 is 0 Å². The number of halogens is 2. The molecule has 5 nitrogen and oxygen atoms in total. The molecule has 134 valence electrons. The van der Waals surface area contributed by atoms with E-state index in [0.717, 1.165) is 11.4 Å². The predicted molar refractivity (Wildman–Crippen MR) is 106 cm³/mol. The van der Waals surface area contributed by atoms with Gasteiger partial charge in [0.05, 0.1) is 25.5 Å².